The molecule has 0 spiro atoms. The maximum Gasteiger partial charge on any atom is 0.480 e. The molecule has 2 unspecified atom stereocenters. The van der Waals surface area contributed by atoms with Crippen LogP contribution in [0.25, 0.3) is 0 Å². The first kappa shape index (κ1) is 39.4. The molecular weight excluding hydrogens is 665 g/mol. The van der Waals surface area contributed by atoms with E-state index in [9.17, 15) is 38.2 Å². The lowest BCUT2D eigenvalue weighted by molar-refractivity contribution is -0.123. The molecule has 48 heavy (non-hydrogen) atoms. The number of aromatic nitrogens is 2. The van der Waals surface area contributed by atoms with Crippen molar-refractivity contribution in [1.82, 2.24) is 30.8 Å². The first-order valence-electron chi connectivity index (χ1n) is 15.6. The molecule has 0 saturated carbocycles. The number of nitrogens with zero attached hydrogens (tertiary/aromatic N) is 3. The summed E-state index contributed by atoms with van der Waals surface area (Å²) in [5, 5.41) is 7.83. The number of benzene rings is 1. The van der Waals surface area contributed by atoms with Gasteiger partial charge in [0.1, 0.15) is 11.7 Å². The zero-order valence-corrected chi connectivity index (χ0v) is 29.1. The second-order valence-electron chi connectivity index (χ2n) is 12.1. The molecule has 264 valence electrons. The summed E-state index contributed by atoms with van der Waals surface area (Å²) in [6, 6.07) is 8.40. The maximum atomic E-state index is 13.7. The zero-order valence-electron chi connectivity index (χ0n) is 27.3. The topological polar surface area (TPSA) is 230 Å². The molecule has 0 radical (unpaired) electrons. The van der Waals surface area contributed by atoms with E-state index in [2.05, 4.69) is 20.6 Å². The van der Waals surface area contributed by atoms with Gasteiger partial charge in [-0.2, -0.15) is 0 Å². The minimum atomic E-state index is -5.03. The molecule has 19 heteroatoms. The summed E-state index contributed by atoms with van der Waals surface area (Å²) in [6.07, 6.45) is 5.16. The second-order valence-corrected chi connectivity index (χ2v) is 16.6. The first-order chi connectivity index (χ1) is 22.6. The van der Waals surface area contributed by atoms with E-state index in [1.165, 1.54) is 18.6 Å². The van der Waals surface area contributed by atoms with Crippen molar-refractivity contribution in [3.63, 3.8) is 0 Å². The van der Waals surface area contributed by atoms with Gasteiger partial charge in [-0.05, 0) is 30.9 Å². The van der Waals surface area contributed by atoms with E-state index in [1.54, 1.807) is 0 Å². The predicted molar refractivity (Wildman–Crippen MR) is 178 cm³/mol. The lowest BCUT2D eigenvalue weighted by Gasteiger charge is -2.32. The summed E-state index contributed by atoms with van der Waals surface area (Å²) < 4.78 is 35.6. The maximum absolute atomic E-state index is 13.7. The van der Waals surface area contributed by atoms with Gasteiger partial charge in [0.25, 0.3) is 5.91 Å². The van der Waals surface area contributed by atoms with Crippen LogP contribution in [0.4, 0.5) is 0 Å². The Morgan fingerprint density at radius 1 is 1.00 bits per heavy atom. The van der Waals surface area contributed by atoms with Gasteiger partial charge in [-0.25, -0.2) is 4.98 Å². The van der Waals surface area contributed by atoms with Crippen molar-refractivity contribution in [3.05, 3.63) is 60.2 Å². The normalized spacial score (nSPS) is 17.7. The molecule has 16 nitrogen and oxygen atoms in total. The van der Waals surface area contributed by atoms with Crippen LogP contribution < -0.4 is 16.0 Å². The van der Waals surface area contributed by atoms with Crippen molar-refractivity contribution in [2.75, 3.05) is 39.5 Å². The van der Waals surface area contributed by atoms with Crippen molar-refractivity contribution >= 4 is 39.8 Å². The molecule has 1 saturated heterocycles. The molecule has 2 heterocycles. The highest BCUT2D eigenvalue weighted by Gasteiger charge is 2.42. The highest BCUT2D eigenvalue weighted by molar-refractivity contribution is 7.73. The van der Waals surface area contributed by atoms with Crippen molar-refractivity contribution in [2.24, 2.45) is 5.92 Å². The van der Waals surface area contributed by atoms with Gasteiger partial charge >= 0.3 is 14.7 Å². The number of rotatable bonds is 16. The fourth-order valence-electron chi connectivity index (χ4n) is 5.11. The van der Waals surface area contributed by atoms with Gasteiger partial charge in [0.2, 0.25) is 24.7 Å². The number of hydrogen-bond donors (Lipinski definition) is 6. The molecule has 1 fully saturated rings. The van der Waals surface area contributed by atoms with Crippen LogP contribution in [0, 0.1) is 5.92 Å². The summed E-state index contributed by atoms with van der Waals surface area (Å²) in [6.45, 7) is 6.72. The smallest absolute Gasteiger partial charge is 0.408 e. The largest absolute Gasteiger partial charge is 0.480 e. The first-order valence-corrected chi connectivity index (χ1v) is 19.5. The summed E-state index contributed by atoms with van der Waals surface area (Å²) in [4.78, 5) is 77.2. The minimum Gasteiger partial charge on any atom is -0.408 e. The summed E-state index contributed by atoms with van der Waals surface area (Å²) in [7, 11) is -10.1. The summed E-state index contributed by atoms with van der Waals surface area (Å²) in [5.41, 5.74) is -1.21. The number of carbonyl (C=O) groups is 3. The van der Waals surface area contributed by atoms with Gasteiger partial charge in [-0.1, -0.05) is 44.2 Å². The Kier molecular flexibility index (Phi) is 15.3. The van der Waals surface area contributed by atoms with Gasteiger partial charge in [0, 0.05) is 58.2 Å². The van der Waals surface area contributed by atoms with Gasteiger partial charge < -0.3 is 39.9 Å². The second kappa shape index (κ2) is 18.7. The van der Waals surface area contributed by atoms with E-state index in [0.29, 0.717) is 32.5 Å². The zero-order chi connectivity index (χ0) is 35.3. The molecule has 6 N–H and O–H groups in total. The van der Waals surface area contributed by atoms with Crippen LogP contribution in [0.2, 0.25) is 0 Å². The van der Waals surface area contributed by atoms with Crippen LogP contribution in [-0.4, -0.2) is 111 Å². The number of hydrogen-bond acceptors (Lipinski definition) is 10. The van der Waals surface area contributed by atoms with Crippen LogP contribution in [0.15, 0.2) is 48.9 Å². The highest BCUT2D eigenvalue weighted by atomic mass is 31.2. The van der Waals surface area contributed by atoms with Crippen LogP contribution in [0.3, 0.4) is 0 Å². The quantitative estimate of drug-likeness (QED) is 0.106. The Balaban J connectivity index is 1.58. The van der Waals surface area contributed by atoms with Crippen molar-refractivity contribution in [2.45, 2.75) is 57.0 Å². The number of carbonyl (C=O) groups excluding carboxylic acids is 3. The predicted octanol–water partition coefficient (Wildman–Crippen LogP) is 0.983. The van der Waals surface area contributed by atoms with Crippen LogP contribution in [0.1, 0.15) is 49.2 Å². The van der Waals surface area contributed by atoms with Crippen molar-refractivity contribution in [3.8, 4) is 0 Å². The molecule has 1 aliphatic heterocycles. The molecule has 1 aliphatic rings. The lowest BCUT2D eigenvalue weighted by Crippen LogP contribution is -2.57. The molecule has 0 aliphatic carbocycles. The Bertz CT molecular complexity index is 1400. The molecule has 3 amide bonds. The lowest BCUT2D eigenvalue weighted by atomic mass is 9.73. The molecule has 4 atom stereocenters. The third kappa shape index (κ3) is 13.5. The highest BCUT2D eigenvalue weighted by Crippen LogP contribution is 2.58. The Hall–Kier alpha value is -3.01. The van der Waals surface area contributed by atoms with E-state index in [-0.39, 0.29) is 37.7 Å². The Labute approximate surface area is 280 Å². The number of nitrogens with one attached hydrogen (secondary N) is 3. The Morgan fingerprint density at radius 3 is 2.23 bits per heavy atom. The minimum absolute atomic E-state index is 0.0845. The molecule has 2 aromatic rings. The average Bonchev–Trinajstić information content (AvgIpc) is 2.99. The summed E-state index contributed by atoms with van der Waals surface area (Å²) in [5.74, 6) is -2.03. The molecule has 1 aromatic heterocycles. The standard InChI is InChI=1S/C29H45BN6O10P2/c1-21(2)18-25(34-27(38)23(19-22-8-5-4-6-9-22)33-28(39)24-20-31-11-12-32-24)30-45-16-14-36(15-17-46-30)13-7-10-26(37)35-29(47(3,40)41)48(42,43)44/h4-6,8-9,11-12,20-21,23,25,29H,7,10,13-19H2,1-3H3,(H,33,39)(H,34,38)(H,35,37)(H,40,41)(H2,42,43,44)/t23-,25-,29?/m1/s1. The fourth-order valence-corrected chi connectivity index (χ4v) is 8.04. The molecular formula is C29H45BN6O10P2. The van der Waals surface area contributed by atoms with Crippen LogP contribution in [-0.2, 0) is 34.4 Å². The van der Waals surface area contributed by atoms with Gasteiger partial charge in [-0.15, -0.1) is 0 Å². The van der Waals surface area contributed by atoms with Crippen molar-refractivity contribution < 1.29 is 47.5 Å². The van der Waals surface area contributed by atoms with Gasteiger partial charge in [0.05, 0.1) is 12.1 Å². The molecule has 3 rings (SSSR count). The van der Waals surface area contributed by atoms with E-state index >= 15 is 0 Å². The van der Waals surface area contributed by atoms with E-state index < -0.39 is 57.3 Å². The third-order valence-corrected chi connectivity index (χ3v) is 11.4. The van der Waals surface area contributed by atoms with E-state index in [1.807, 2.05) is 54.4 Å². The summed E-state index contributed by atoms with van der Waals surface area (Å²) >= 11 is 0. The fraction of sp³-hybridized carbons (Fsp3) is 0.552. The SMILES string of the molecule is CC(C)C[C@@H](NC(=O)[C@@H](Cc1ccccc1)NC(=O)c1cnccn1)B1OCCN(CCCC(=O)NC(P(C)(=O)O)P(=O)(O)O)CCO1. The van der Waals surface area contributed by atoms with E-state index in [4.69, 9.17) is 9.31 Å². The number of amides is 3. The van der Waals surface area contributed by atoms with Crippen LogP contribution in [0.5, 0.6) is 0 Å². The van der Waals surface area contributed by atoms with E-state index in [0.717, 1.165) is 12.2 Å². The van der Waals surface area contributed by atoms with Crippen molar-refractivity contribution in [1.29, 1.82) is 0 Å². The average molecular weight is 710 g/mol. The van der Waals surface area contributed by atoms with Crippen LogP contribution >= 0.6 is 15.0 Å². The van der Waals surface area contributed by atoms with Gasteiger partial charge in [0.15, 0.2) is 0 Å². The monoisotopic (exact) mass is 710 g/mol. The molecule has 1 aromatic carbocycles. The third-order valence-electron chi connectivity index (χ3n) is 7.40. The molecule has 0 bridgehead atoms. The Morgan fingerprint density at radius 2 is 1.67 bits per heavy atom. The van der Waals surface area contributed by atoms with Gasteiger partial charge in [-0.3, -0.25) is 33.4 Å².